The smallest absolute Gasteiger partial charge is 0.240 e. The number of halogens is 2. The van der Waals surface area contributed by atoms with Gasteiger partial charge in [-0.25, -0.2) is 4.68 Å². The van der Waals surface area contributed by atoms with E-state index in [0.29, 0.717) is 32.7 Å². The second kappa shape index (κ2) is 6.59. The van der Waals surface area contributed by atoms with Crippen molar-refractivity contribution >= 4 is 46.5 Å². The minimum absolute atomic E-state index is 0.0245. The average Bonchev–Trinajstić information content (AvgIpc) is 3.27. The third-order valence-electron chi connectivity index (χ3n) is 6.13. The average molecular weight is 441 g/mol. The van der Waals surface area contributed by atoms with Crippen LogP contribution >= 0.6 is 23.2 Å². The zero-order valence-corrected chi connectivity index (χ0v) is 17.8. The van der Waals surface area contributed by atoms with E-state index in [-0.39, 0.29) is 24.3 Å². The van der Waals surface area contributed by atoms with Gasteiger partial charge in [0.25, 0.3) is 0 Å². The fraction of sp³-hybridized carbons (Fsp3) is 0.227. The molecule has 0 radical (unpaired) electrons. The molecule has 2 aliphatic rings. The van der Waals surface area contributed by atoms with Crippen LogP contribution in [0.4, 0.5) is 11.5 Å². The second-order valence-corrected chi connectivity index (χ2v) is 8.61. The number of nitrogens with zero attached hydrogens (tertiary/aromatic N) is 3. The fourth-order valence-corrected chi connectivity index (χ4v) is 4.79. The van der Waals surface area contributed by atoms with Gasteiger partial charge in [0.05, 0.1) is 18.7 Å². The highest BCUT2D eigenvalue weighted by Crippen LogP contribution is 2.52. The van der Waals surface area contributed by atoms with Crippen molar-refractivity contribution in [2.75, 3.05) is 17.3 Å². The molecule has 0 fully saturated rings. The Morgan fingerprint density at radius 1 is 1.07 bits per heavy atom. The minimum Gasteiger partial charge on any atom is -0.325 e. The van der Waals surface area contributed by atoms with Crippen molar-refractivity contribution in [2.24, 2.45) is 0 Å². The first-order valence-corrected chi connectivity index (χ1v) is 10.3. The molecule has 8 heteroatoms. The van der Waals surface area contributed by atoms with Crippen LogP contribution in [0.25, 0.3) is 0 Å². The molecule has 2 aromatic carbocycles. The van der Waals surface area contributed by atoms with E-state index >= 15 is 0 Å². The SMILES string of the molecule is CC(c1ccc(Cl)cc1)n1ncc2c1N(C)C(=O)CC21C(=O)Nc2ccc(Cl)cc21. The van der Waals surface area contributed by atoms with Crippen LogP contribution in [-0.4, -0.2) is 28.6 Å². The molecular formula is C22H18Cl2N4O2. The molecule has 2 unspecified atom stereocenters. The van der Waals surface area contributed by atoms with E-state index < -0.39 is 5.41 Å². The van der Waals surface area contributed by atoms with Crippen molar-refractivity contribution in [1.29, 1.82) is 0 Å². The Morgan fingerprint density at radius 2 is 1.77 bits per heavy atom. The van der Waals surface area contributed by atoms with Crippen LogP contribution < -0.4 is 10.2 Å². The lowest BCUT2D eigenvalue weighted by atomic mass is 9.71. The number of amides is 2. The molecule has 152 valence electrons. The number of nitrogens with one attached hydrogen (secondary N) is 1. The first-order valence-electron chi connectivity index (χ1n) is 9.54. The number of carbonyl (C=O) groups is 2. The molecular weight excluding hydrogens is 423 g/mol. The lowest BCUT2D eigenvalue weighted by Crippen LogP contribution is -2.47. The third-order valence-corrected chi connectivity index (χ3v) is 6.62. The predicted octanol–water partition coefficient (Wildman–Crippen LogP) is 4.40. The Labute approximate surface area is 183 Å². The van der Waals surface area contributed by atoms with Gasteiger partial charge in [-0.1, -0.05) is 35.3 Å². The van der Waals surface area contributed by atoms with Gasteiger partial charge in [0, 0.05) is 28.3 Å². The van der Waals surface area contributed by atoms with Crippen molar-refractivity contribution in [3.63, 3.8) is 0 Å². The summed E-state index contributed by atoms with van der Waals surface area (Å²) in [5, 5.41) is 8.69. The molecule has 1 aromatic heterocycles. The molecule has 0 saturated carbocycles. The van der Waals surface area contributed by atoms with Crippen molar-refractivity contribution in [2.45, 2.75) is 24.8 Å². The van der Waals surface area contributed by atoms with Gasteiger partial charge in [0.2, 0.25) is 11.8 Å². The molecule has 0 saturated heterocycles. The summed E-state index contributed by atoms with van der Waals surface area (Å²) in [6.07, 6.45) is 1.72. The van der Waals surface area contributed by atoms with Crippen molar-refractivity contribution in [1.82, 2.24) is 9.78 Å². The highest BCUT2D eigenvalue weighted by Gasteiger charge is 2.55. The Morgan fingerprint density at radius 3 is 2.50 bits per heavy atom. The van der Waals surface area contributed by atoms with Crippen LogP contribution in [0.5, 0.6) is 0 Å². The molecule has 3 aromatic rings. The zero-order valence-electron chi connectivity index (χ0n) is 16.3. The minimum atomic E-state index is -1.14. The van der Waals surface area contributed by atoms with Crippen LogP contribution in [-0.2, 0) is 15.0 Å². The van der Waals surface area contributed by atoms with Crippen molar-refractivity contribution in [3.05, 3.63) is 75.4 Å². The maximum atomic E-state index is 13.2. The predicted molar refractivity (Wildman–Crippen MR) is 116 cm³/mol. The first-order chi connectivity index (χ1) is 14.3. The zero-order chi connectivity index (χ0) is 21.2. The third kappa shape index (κ3) is 2.53. The molecule has 30 heavy (non-hydrogen) atoms. The standard InChI is InChI=1S/C22H18Cl2N4O2/c1-12(13-3-5-14(23)6-4-13)28-20-17(11-25-28)22(10-19(29)27(20)2)16-9-15(24)7-8-18(16)26-21(22)30/h3-9,11-12H,10H2,1-2H3,(H,26,30). The number of benzene rings is 2. The van der Waals surface area contributed by atoms with Gasteiger partial charge in [-0.2, -0.15) is 5.10 Å². The summed E-state index contributed by atoms with van der Waals surface area (Å²) in [6.45, 7) is 2.00. The van der Waals surface area contributed by atoms with Crippen LogP contribution in [0.1, 0.15) is 36.1 Å². The van der Waals surface area contributed by atoms with E-state index in [1.54, 1.807) is 41.0 Å². The summed E-state index contributed by atoms with van der Waals surface area (Å²) >= 11 is 12.3. The van der Waals surface area contributed by atoms with Crippen LogP contribution in [0.2, 0.25) is 10.0 Å². The molecule has 2 amide bonds. The topological polar surface area (TPSA) is 67.2 Å². The molecule has 2 atom stereocenters. The van der Waals surface area contributed by atoms with E-state index in [1.165, 1.54) is 0 Å². The molecule has 0 aliphatic carbocycles. The Balaban J connectivity index is 1.72. The van der Waals surface area contributed by atoms with E-state index in [0.717, 1.165) is 5.56 Å². The van der Waals surface area contributed by atoms with E-state index in [4.69, 9.17) is 23.2 Å². The number of fused-ring (bicyclic) bond motifs is 4. The highest BCUT2D eigenvalue weighted by atomic mass is 35.5. The maximum Gasteiger partial charge on any atom is 0.240 e. The summed E-state index contributed by atoms with van der Waals surface area (Å²) in [6, 6.07) is 12.6. The highest BCUT2D eigenvalue weighted by molar-refractivity contribution is 6.31. The van der Waals surface area contributed by atoms with Crippen LogP contribution in [0.15, 0.2) is 48.7 Å². The quantitative estimate of drug-likeness (QED) is 0.641. The molecule has 2 aliphatic heterocycles. The summed E-state index contributed by atoms with van der Waals surface area (Å²) in [5.74, 6) is 0.216. The Hall–Kier alpha value is -2.83. The van der Waals surface area contributed by atoms with Gasteiger partial charge in [-0.15, -0.1) is 0 Å². The Kier molecular flexibility index (Phi) is 4.21. The van der Waals surface area contributed by atoms with Gasteiger partial charge in [-0.3, -0.25) is 14.5 Å². The molecule has 1 spiro atoms. The van der Waals surface area contributed by atoms with Gasteiger partial charge in [0.15, 0.2) is 0 Å². The van der Waals surface area contributed by atoms with E-state index in [9.17, 15) is 9.59 Å². The summed E-state index contributed by atoms with van der Waals surface area (Å²) < 4.78 is 1.78. The molecule has 5 rings (SSSR count). The summed E-state index contributed by atoms with van der Waals surface area (Å²) in [7, 11) is 1.71. The lowest BCUT2D eigenvalue weighted by molar-refractivity contribution is -0.126. The maximum absolute atomic E-state index is 13.2. The van der Waals surface area contributed by atoms with Gasteiger partial charge in [-0.05, 0) is 48.4 Å². The monoisotopic (exact) mass is 440 g/mol. The van der Waals surface area contributed by atoms with Crippen molar-refractivity contribution < 1.29 is 9.59 Å². The number of anilines is 2. The van der Waals surface area contributed by atoms with Gasteiger partial charge < -0.3 is 5.32 Å². The summed E-state index contributed by atoms with van der Waals surface area (Å²) in [4.78, 5) is 27.9. The van der Waals surface area contributed by atoms with E-state index in [2.05, 4.69) is 10.4 Å². The Bertz CT molecular complexity index is 1200. The second-order valence-electron chi connectivity index (χ2n) is 7.73. The lowest BCUT2D eigenvalue weighted by Gasteiger charge is -2.36. The van der Waals surface area contributed by atoms with Crippen LogP contribution in [0, 0.1) is 0 Å². The largest absolute Gasteiger partial charge is 0.325 e. The number of rotatable bonds is 2. The van der Waals surface area contributed by atoms with E-state index in [1.807, 2.05) is 31.2 Å². The normalized spacial score (nSPS) is 20.9. The molecule has 0 bridgehead atoms. The molecule has 3 heterocycles. The number of hydrogen-bond donors (Lipinski definition) is 1. The number of aromatic nitrogens is 2. The van der Waals surface area contributed by atoms with Gasteiger partial charge in [0.1, 0.15) is 11.2 Å². The fourth-order valence-electron chi connectivity index (χ4n) is 4.49. The van der Waals surface area contributed by atoms with Crippen molar-refractivity contribution in [3.8, 4) is 0 Å². The van der Waals surface area contributed by atoms with Crippen LogP contribution in [0.3, 0.4) is 0 Å². The number of hydrogen-bond acceptors (Lipinski definition) is 3. The summed E-state index contributed by atoms with van der Waals surface area (Å²) in [5.41, 5.74) is 1.93. The van der Waals surface area contributed by atoms with Gasteiger partial charge >= 0.3 is 0 Å². The molecule has 6 nitrogen and oxygen atoms in total. The first kappa shape index (κ1) is 19.2. The molecule has 1 N–H and O–H groups in total. The number of carbonyl (C=O) groups excluding carboxylic acids is 2.